The van der Waals surface area contributed by atoms with Gasteiger partial charge in [0.05, 0.1) is 16.3 Å². The number of nitrogens with two attached hydrogens (primary N) is 1. The average Bonchev–Trinajstić information content (AvgIpc) is 2.24. The van der Waals surface area contributed by atoms with Crippen LogP contribution < -0.4 is 16.0 Å². The third kappa shape index (κ3) is 3.67. The topological polar surface area (TPSA) is 82.2 Å². The normalized spacial score (nSPS) is 11.1. The Bertz CT molecular complexity index is 562. The van der Waals surface area contributed by atoms with E-state index in [9.17, 15) is 18.0 Å². The fourth-order valence-electron chi connectivity index (χ4n) is 1.42. The van der Waals surface area contributed by atoms with Gasteiger partial charge in [-0.2, -0.15) is 13.2 Å². The van der Waals surface area contributed by atoms with E-state index >= 15 is 0 Å². The molecule has 0 aromatic heterocycles. The molecule has 1 aromatic carbocycles. The van der Waals surface area contributed by atoms with Gasteiger partial charge >= 0.3 is 12.2 Å². The van der Waals surface area contributed by atoms with Crippen LogP contribution in [0.5, 0.6) is 0 Å². The first-order valence-electron chi connectivity index (χ1n) is 4.99. The van der Waals surface area contributed by atoms with Crippen LogP contribution in [0.1, 0.15) is 5.56 Å². The number of hydrogen-bond acceptors (Lipinski definition) is 2. The molecule has 4 N–H and O–H groups in total. The van der Waals surface area contributed by atoms with E-state index in [0.717, 1.165) is 13.1 Å². The summed E-state index contributed by atoms with van der Waals surface area (Å²) in [6, 6.07) is 0.693. The van der Waals surface area contributed by atoms with Crippen molar-refractivity contribution in [1.82, 2.24) is 5.32 Å². The molecule has 0 unspecified atom stereocenters. The number of nitrogens with one attached hydrogen (secondary N) is 2. The van der Waals surface area contributed by atoms with Gasteiger partial charge in [-0.25, -0.2) is 4.79 Å². The summed E-state index contributed by atoms with van der Waals surface area (Å²) in [6.07, 6.45) is -4.76. The number of carbonyl (C=O) groups excluding carboxylic acids is 1. The molecular formula is C10H9Cl2F3N4O. The first-order chi connectivity index (χ1) is 9.04. The highest BCUT2D eigenvalue weighted by atomic mass is 35.5. The number of guanidine groups is 1. The first-order valence-corrected chi connectivity index (χ1v) is 5.74. The van der Waals surface area contributed by atoms with Gasteiger partial charge in [-0.3, -0.25) is 15.6 Å². The zero-order valence-electron chi connectivity index (χ0n) is 9.98. The summed E-state index contributed by atoms with van der Waals surface area (Å²) in [5.41, 5.74) is 3.19. The SMILES string of the molecule is CN(C(=O)NC(=N)N)c1c(Cl)cc(Cl)cc1C(F)(F)F. The van der Waals surface area contributed by atoms with Crippen LogP contribution >= 0.6 is 23.2 Å². The van der Waals surface area contributed by atoms with Gasteiger partial charge in [0.25, 0.3) is 0 Å². The Hall–Kier alpha value is -1.67. The van der Waals surface area contributed by atoms with Gasteiger partial charge in [-0.1, -0.05) is 23.2 Å². The average molecular weight is 329 g/mol. The molecule has 0 radical (unpaired) electrons. The minimum absolute atomic E-state index is 0.216. The molecule has 0 bridgehead atoms. The summed E-state index contributed by atoms with van der Waals surface area (Å²) in [6.45, 7) is 0. The summed E-state index contributed by atoms with van der Waals surface area (Å²) in [7, 11) is 1.06. The molecule has 0 saturated carbocycles. The summed E-state index contributed by atoms with van der Waals surface area (Å²) < 4.78 is 38.9. The molecule has 2 amide bonds. The van der Waals surface area contributed by atoms with Crippen molar-refractivity contribution in [3.63, 3.8) is 0 Å². The van der Waals surface area contributed by atoms with Crippen molar-refractivity contribution in [1.29, 1.82) is 5.41 Å². The largest absolute Gasteiger partial charge is 0.418 e. The smallest absolute Gasteiger partial charge is 0.370 e. The molecule has 20 heavy (non-hydrogen) atoms. The number of benzene rings is 1. The molecule has 5 nitrogen and oxygen atoms in total. The minimum Gasteiger partial charge on any atom is -0.370 e. The van der Waals surface area contributed by atoms with Crippen molar-refractivity contribution in [2.75, 3.05) is 11.9 Å². The second kappa shape index (κ2) is 5.76. The Balaban J connectivity index is 3.36. The summed E-state index contributed by atoms with van der Waals surface area (Å²) >= 11 is 11.3. The van der Waals surface area contributed by atoms with Gasteiger partial charge in [-0.15, -0.1) is 0 Å². The predicted octanol–water partition coefficient (Wildman–Crippen LogP) is 3.05. The third-order valence-electron chi connectivity index (χ3n) is 2.22. The maximum Gasteiger partial charge on any atom is 0.418 e. The number of carbonyl (C=O) groups is 1. The number of rotatable bonds is 1. The molecule has 0 heterocycles. The van der Waals surface area contributed by atoms with Crippen molar-refractivity contribution in [3.05, 3.63) is 27.7 Å². The maximum atomic E-state index is 13.0. The van der Waals surface area contributed by atoms with E-state index < -0.39 is 29.4 Å². The first kappa shape index (κ1) is 16.4. The number of alkyl halides is 3. The zero-order valence-corrected chi connectivity index (χ0v) is 11.5. The Kier molecular flexibility index (Phi) is 4.72. The molecule has 1 aromatic rings. The molecule has 1 rings (SSSR count). The van der Waals surface area contributed by atoms with Crippen LogP contribution in [0.2, 0.25) is 10.0 Å². The quantitative estimate of drug-likeness (QED) is 0.547. The number of urea groups is 1. The van der Waals surface area contributed by atoms with Crippen LogP contribution in [0.3, 0.4) is 0 Å². The molecule has 0 aliphatic rings. The van der Waals surface area contributed by atoms with Gasteiger partial charge < -0.3 is 5.73 Å². The zero-order chi connectivity index (χ0) is 15.7. The van der Waals surface area contributed by atoms with Gasteiger partial charge in [0.15, 0.2) is 5.96 Å². The lowest BCUT2D eigenvalue weighted by atomic mass is 10.1. The summed E-state index contributed by atoms with van der Waals surface area (Å²) in [5, 5.41) is 8.17. The van der Waals surface area contributed by atoms with Crippen LogP contribution in [0.4, 0.5) is 23.7 Å². The van der Waals surface area contributed by atoms with Crippen molar-refractivity contribution >= 4 is 40.9 Å². The maximum absolute atomic E-state index is 13.0. The number of nitrogens with zero attached hydrogens (tertiary/aromatic N) is 1. The fraction of sp³-hybridized carbons (Fsp3) is 0.200. The molecule has 0 atom stereocenters. The van der Waals surface area contributed by atoms with Crippen molar-refractivity contribution in [2.24, 2.45) is 5.73 Å². The molecule has 0 spiro atoms. The van der Waals surface area contributed by atoms with Gasteiger partial charge in [-0.05, 0) is 12.1 Å². The van der Waals surface area contributed by atoms with Crippen LogP contribution in [-0.2, 0) is 6.18 Å². The van der Waals surface area contributed by atoms with Crippen LogP contribution in [0, 0.1) is 5.41 Å². The molecule has 0 aliphatic carbocycles. The minimum atomic E-state index is -4.76. The fourth-order valence-corrected chi connectivity index (χ4v) is 2.04. The van der Waals surface area contributed by atoms with E-state index in [1.54, 1.807) is 0 Å². The molecule has 0 aliphatic heterocycles. The number of hydrogen-bond donors (Lipinski definition) is 3. The van der Waals surface area contributed by atoms with E-state index in [1.165, 1.54) is 0 Å². The third-order valence-corrected chi connectivity index (χ3v) is 2.72. The van der Waals surface area contributed by atoms with Crippen LogP contribution in [-0.4, -0.2) is 19.0 Å². The highest BCUT2D eigenvalue weighted by Crippen LogP contribution is 2.42. The van der Waals surface area contributed by atoms with Crippen molar-refractivity contribution in [2.45, 2.75) is 6.18 Å². The van der Waals surface area contributed by atoms with E-state index in [2.05, 4.69) is 0 Å². The van der Waals surface area contributed by atoms with E-state index in [1.807, 2.05) is 5.32 Å². The van der Waals surface area contributed by atoms with E-state index in [-0.39, 0.29) is 10.0 Å². The predicted molar refractivity (Wildman–Crippen MR) is 70.3 cm³/mol. The number of halogens is 5. The molecule has 0 fully saturated rings. The lowest BCUT2D eigenvalue weighted by Crippen LogP contribution is -2.44. The number of anilines is 1. The summed E-state index contributed by atoms with van der Waals surface area (Å²) in [5.74, 6) is -0.708. The van der Waals surface area contributed by atoms with E-state index in [0.29, 0.717) is 11.0 Å². The second-order valence-corrected chi connectivity index (χ2v) is 4.53. The number of amides is 2. The van der Waals surface area contributed by atoms with Gasteiger partial charge in [0, 0.05) is 12.1 Å². The lowest BCUT2D eigenvalue weighted by molar-refractivity contribution is -0.137. The van der Waals surface area contributed by atoms with Crippen molar-refractivity contribution in [3.8, 4) is 0 Å². The molecule has 0 saturated heterocycles. The molecular weight excluding hydrogens is 320 g/mol. The summed E-state index contributed by atoms with van der Waals surface area (Å²) in [4.78, 5) is 12.2. The highest BCUT2D eigenvalue weighted by Gasteiger charge is 2.37. The highest BCUT2D eigenvalue weighted by molar-refractivity contribution is 6.37. The Labute approximate surface area is 121 Å². The monoisotopic (exact) mass is 328 g/mol. The van der Waals surface area contributed by atoms with E-state index in [4.69, 9.17) is 34.3 Å². The Morgan fingerprint density at radius 3 is 2.40 bits per heavy atom. The Morgan fingerprint density at radius 2 is 1.95 bits per heavy atom. The Morgan fingerprint density at radius 1 is 1.40 bits per heavy atom. The van der Waals surface area contributed by atoms with Crippen LogP contribution in [0.15, 0.2) is 12.1 Å². The van der Waals surface area contributed by atoms with Gasteiger partial charge in [0.2, 0.25) is 0 Å². The van der Waals surface area contributed by atoms with Crippen molar-refractivity contribution < 1.29 is 18.0 Å². The van der Waals surface area contributed by atoms with Crippen LogP contribution in [0.25, 0.3) is 0 Å². The molecule has 110 valence electrons. The lowest BCUT2D eigenvalue weighted by Gasteiger charge is -2.23. The second-order valence-electron chi connectivity index (χ2n) is 3.68. The standard InChI is InChI=1S/C10H9Cl2F3N4O/c1-19(9(20)18-8(16)17)7-5(10(13,14)15)2-4(11)3-6(7)12/h2-3H,1H3,(H4,16,17,18,20). The van der Waals surface area contributed by atoms with Gasteiger partial charge in [0.1, 0.15) is 0 Å². The molecule has 10 heteroatoms.